The molecule has 1 radical (unpaired) electrons. The molecule has 0 rings (SSSR count). The number of carboxylic acids is 3. The van der Waals surface area contributed by atoms with Crippen LogP contribution < -0.4 is 0 Å². The number of hydrogen-bond donors (Lipinski definition) is 3. The molecular weight excluding hydrogens is 307 g/mol. The largest absolute Gasteiger partial charge is 0.481 e. The van der Waals surface area contributed by atoms with Gasteiger partial charge in [0.1, 0.15) is 0 Å². The number of hydrogen-bond acceptors (Lipinski definition) is 3. The fourth-order valence-corrected chi connectivity index (χ4v) is 0. The number of carboxylic acid groups (broad SMARTS) is 3. The van der Waals surface area contributed by atoms with Crippen molar-refractivity contribution in [3.8, 4) is 0 Å². The Morgan fingerprint density at radius 1 is 0.692 bits per heavy atom. The first-order valence-electron chi connectivity index (χ1n) is 2.78. The Morgan fingerprint density at radius 2 is 0.692 bits per heavy atom. The van der Waals surface area contributed by atoms with E-state index in [2.05, 4.69) is 0 Å². The van der Waals surface area contributed by atoms with E-state index in [0.717, 1.165) is 20.8 Å². The van der Waals surface area contributed by atoms with Crippen LogP contribution in [0.2, 0.25) is 0 Å². The van der Waals surface area contributed by atoms with E-state index in [1.807, 2.05) is 0 Å². The van der Waals surface area contributed by atoms with E-state index in [4.69, 9.17) is 29.7 Å². The van der Waals surface area contributed by atoms with Crippen molar-refractivity contribution >= 4 is 17.9 Å². The average Bonchev–Trinajstić information content (AvgIpc) is 1.54. The fraction of sp³-hybridized carbons (Fsp3) is 0.500. The Hall–Kier alpha value is -0.395. The van der Waals surface area contributed by atoms with Crippen molar-refractivity contribution in [1.29, 1.82) is 0 Å². The Bertz CT molecular complexity index is 115. The molecule has 0 aromatic heterocycles. The predicted octanol–water partition coefficient (Wildman–Crippen LogP) is 0.273. The zero-order chi connectivity index (χ0) is 10.7. The third-order valence-electron chi connectivity index (χ3n) is 0. The van der Waals surface area contributed by atoms with Crippen molar-refractivity contribution in [1.82, 2.24) is 0 Å². The van der Waals surface area contributed by atoms with Crippen molar-refractivity contribution in [2.24, 2.45) is 0 Å². The van der Waals surface area contributed by atoms with Gasteiger partial charge in [0.05, 0.1) is 0 Å². The minimum absolute atomic E-state index is 0. The molecule has 0 aromatic carbocycles. The van der Waals surface area contributed by atoms with Crippen LogP contribution in [0.5, 0.6) is 0 Å². The monoisotopic (exact) mass is 319 g/mol. The third-order valence-corrected chi connectivity index (χ3v) is 0. The summed E-state index contributed by atoms with van der Waals surface area (Å²) in [5.41, 5.74) is 0. The molecule has 0 aliphatic heterocycles. The average molecular weight is 319 g/mol. The number of aliphatic carboxylic acids is 3. The molecule has 0 saturated carbocycles. The second-order valence-electron chi connectivity index (χ2n) is 1.56. The van der Waals surface area contributed by atoms with Crippen LogP contribution in [0, 0.1) is 35.6 Å². The predicted molar refractivity (Wildman–Crippen MR) is 39.9 cm³/mol. The normalized spacial score (nSPS) is 5.77. The molecule has 6 nitrogen and oxygen atoms in total. The maximum atomic E-state index is 9.00. The smallest absolute Gasteiger partial charge is 0.300 e. The van der Waals surface area contributed by atoms with Gasteiger partial charge in [-0.05, 0) is 0 Å². The zero-order valence-corrected chi connectivity index (χ0v) is 11.3. The topological polar surface area (TPSA) is 112 Å². The van der Waals surface area contributed by atoms with Crippen LogP contribution in [-0.2, 0) is 14.4 Å². The van der Waals surface area contributed by atoms with E-state index in [-0.39, 0.29) is 35.6 Å². The summed E-state index contributed by atoms with van der Waals surface area (Å²) in [4.78, 5) is 27.0. The molecule has 7 heteroatoms. The Labute approximate surface area is 104 Å². The van der Waals surface area contributed by atoms with Crippen molar-refractivity contribution in [2.45, 2.75) is 20.8 Å². The molecular formula is C6H12LaO6. The van der Waals surface area contributed by atoms with Crippen LogP contribution in [0.4, 0.5) is 0 Å². The third kappa shape index (κ3) is 6850. The molecule has 0 fully saturated rings. The standard InChI is InChI=1S/3C2H4O2.La/c3*1-2(3)4;/h3*1H3,(H,3,4);. The second kappa shape index (κ2) is 17.6. The molecule has 0 amide bonds. The molecule has 0 heterocycles. The van der Waals surface area contributed by atoms with Gasteiger partial charge in [0.2, 0.25) is 0 Å². The Kier molecular flexibility index (Phi) is 31.1. The summed E-state index contributed by atoms with van der Waals surface area (Å²) < 4.78 is 0. The van der Waals surface area contributed by atoms with Crippen molar-refractivity contribution < 1.29 is 65.3 Å². The summed E-state index contributed by atoms with van der Waals surface area (Å²) in [6.45, 7) is 3.25. The zero-order valence-electron chi connectivity index (χ0n) is 7.64. The van der Waals surface area contributed by atoms with Gasteiger partial charge in [-0.1, -0.05) is 0 Å². The SMILES string of the molecule is CC(=O)O.CC(=O)O.CC(=O)O.[La]. The minimum atomic E-state index is -0.833. The van der Waals surface area contributed by atoms with Gasteiger partial charge in [-0.2, -0.15) is 0 Å². The molecule has 13 heavy (non-hydrogen) atoms. The first-order valence-corrected chi connectivity index (χ1v) is 2.78. The van der Waals surface area contributed by atoms with E-state index in [0.29, 0.717) is 0 Å². The van der Waals surface area contributed by atoms with E-state index in [9.17, 15) is 0 Å². The van der Waals surface area contributed by atoms with E-state index >= 15 is 0 Å². The van der Waals surface area contributed by atoms with Crippen molar-refractivity contribution in [2.75, 3.05) is 0 Å². The molecule has 0 saturated heterocycles. The van der Waals surface area contributed by atoms with E-state index in [1.54, 1.807) is 0 Å². The van der Waals surface area contributed by atoms with Gasteiger partial charge >= 0.3 is 0 Å². The molecule has 3 N–H and O–H groups in total. The van der Waals surface area contributed by atoms with Crippen LogP contribution in [0.1, 0.15) is 20.8 Å². The molecule has 75 valence electrons. The summed E-state index contributed by atoms with van der Waals surface area (Å²) in [5.74, 6) is -2.50. The van der Waals surface area contributed by atoms with Gasteiger partial charge in [0, 0.05) is 56.4 Å². The van der Waals surface area contributed by atoms with Crippen LogP contribution in [0.3, 0.4) is 0 Å². The van der Waals surface area contributed by atoms with Crippen LogP contribution in [-0.4, -0.2) is 33.2 Å². The first kappa shape index (κ1) is 22.9. The number of carbonyl (C=O) groups is 3. The fourth-order valence-electron chi connectivity index (χ4n) is 0. The van der Waals surface area contributed by atoms with Gasteiger partial charge in [0.25, 0.3) is 17.9 Å². The van der Waals surface area contributed by atoms with Crippen LogP contribution >= 0.6 is 0 Å². The maximum absolute atomic E-state index is 9.00. The van der Waals surface area contributed by atoms with Gasteiger partial charge < -0.3 is 15.3 Å². The first-order chi connectivity index (χ1) is 5.20. The Balaban J connectivity index is -0.0000000450. The molecule has 0 atom stereocenters. The van der Waals surface area contributed by atoms with Crippen LogP contribution in [0.25, 0.3) is 0 Å². The van der Waals surface area contributed by atoms with Gasteiger partial charge in [-0.3, -0.25) is 14.4 Å². The Morgan fingerprint density at radius 3 is 0.692 bits per heavy atom. The molecule has 0 aliphatic rings. The summed E-state index contributed by atoms with van der Waals surface area (Å²) in [7, 11) is 0. The molecule has 0 unspecified atom stereocenters. The van der Waals surface area contributed by atoms with Crippen molar-refractivity contribution in [3.05, 3.63) is 0 Å². The van der Waals surface area contributed by atoms with E-state index < -0.39 is 17.9 Å². The maximum Gasteiger partial charge on any atom is 0.300 e. The second-order valence-corrected chi connectivity index (χ2v) is 1.56. The quantitative estimate of drug-likeness (QED) is 0.591. The van der Waals surface area contributed by atoms with E-state index in [1.165, 1.54) is 0 Å². The van der Waals surface area contributed by atoms with Crippen LogP contribution in [0.15, 0.2) is 0 Å². The summed E-state index contributed by atoms with van der Waals surface area (Å²) >= 11 is 0. The summed E-state index contributed by atoms with van der Waals surface area (Å²) in [5, 5.41) is 22.2. The van der Waals surface area contributed by atoms with Crippen molar-refractivity contribution in [3.63, 3.8) is 0 Å². The number of rotatable bonds is 0. The molecule has 0 aromatic rings. The minimum Gasteiger partial charge on any atom is -0.481 e. The molecule has 0 spiro atoms. The molecule has 0 aliphatic carbocycles. The van der Waals surface area contributed by atoms with Gasteiger partial charge in [-0.15, -0.1) is 0 Å². The van der Waals surface area contributed by atoms with Gasteiger partial charge in [0.15, 0.2) is 0 Å². The van der Waals surface area contributed by atoms with Gasteiger partial charge in [-0.25, -0.2) is 0 Å². The summed E-state index contributed by atoms with van der Waals surface area (Å²) in [6.07, 6.45) is 0. The molecule has 0 bridgehead atoms. The summed E-state index contributed by atoms with van der Waals surface area (Å²) in [6, 6.07) is 0.